The molecule has 1 aliphatic heterocycles. The number of carboxylic acid groups (broad SMARTS) is 1. The molecule has 1 aromatic heterocycles. The van der Waals surface area contributed by atoms with Crippen LogP contribution < -0.4 is 4.74 Å². The third kappa shape index (κ3) is 3.03. The van der Waals surface area contributed by atoms with E-state index in [-0.39, 0.29) is 18.9 Å². The fraction of sp³-hybridized carbons (Fsp3) is 0.312. The molecule has 0 spiro atoms. The van der Waals surface area contributed by atoms with Crippen LogP contribution in [0.15, 0.2) is 30.5 Å². The van der Waals surface area contributed by atoms with Gasteiger partial charge in [0.1, 0.15) is 5.75 Å². The summed E-state index contributed by atoms with van der Waals surface area (Å²) in [7, 11) is 1.61. The van der Waals surface area contributed by atoms with Crippen molar-refractivity contribution >= 4 is 11.9 Å². The van der Waals surface area contributed by atoms with E-state index in [1.54, 1.807) is 18.2 Å². The third-order valence-electron chi connectivity index (χ3n) is 4.02. The van der Waals surface area contributed by atoms with E-state index in [4.69, 9.17) is 9.84 Å². The van der Waals surface area contributed by atoms with Crippen LogP contribution in [0, 0.1) is 5.92 Å². The number of nitrogens with zero attached hydrogens (tertiary/aromatic N) is 2. The number of H-pyrrole nitrogens is 1. The van der Waals surface area contributed by atoms with Crippen LogP contribution in [-0.2, 0) is 16.1 Å². The van der Waals surface area contributed by atoms with E-state index in [1.165, 1.54) is 0 Å². The molecule has 1 aromatic carbocycles. The maximum atomic E-state index is 12.0. The zero-order valence-electron chi connectivity index (χ0n) is 12.7. The van der Waals surface area contributed by atoms with Gasteiger partial charge in [-0.1, -0.05) is 0 Å². The fourth-order valence-corrected chi connectivity index (χ4v) is 2.73. The molecule has 1 fully saturated rings. The van der Waals surface area contributed by atoms with Crippen LogP contribution in [0.1, 0.15) is 12.0 Å². The number of rotatable bonds is 5. The summed E-state index contributed by atoms with van der Waals surface area (Å²) in [6, 6.07) is 7.51. The molecular weight excluding hydrogens is 298 g/mol. The van der Waals surface area contributed by atoms with Crippen molar-refractivity contribution in [2.24, 2.45) is 5.92 Å². The van der Waals surface area contributed by atoms with Gasteiger partial charge in [0.05, 0.1) is 24.9 Å². The van der Waals surface area contributed by atoms with Gasteiger partial charge in [0.2, 0.25) is 5.91 Å². The van der Waals surface area contributed by atoms with Crippen molar-refractivity contribution in [3.05, 3.63) is 36.0 Å². The minimum absolute atomic E-state index is 0.0606. The molecule has 2 N–H and O–H groups in total. The molecule has 120 valence electrons. The lowest BCUT2D eigenvalue weighted by atomic mass is 10.1. The molecule has 0 aliphatic carbocycles. The van der Waals surface area contributed by atoms with Gasteiger partial charge in [-0.25, -0.2) is 0 Å². The Morgan fingerprint density at radius 1 is 1.43 bits per heavy atom. The summed E-state index contributed by atoms with van der Waals surface area (Å²) in [5.74, 6) is -0.935. The van der Waals surface area contributed by atoms with Gasteiger partial charge in [-0.2, -0.15) is 5.10 Å². The standard InChI is InChI=1S/C16H17N3O4/c1-23-13-4-2-10(3-5-13)15-12(7-17-18-15)9-19-8-11(16(21)22)6-14(19)20/h2-5,7,11H,6,8-9H2,1H3,(H,17,18)(H,21,22)/t11-/m0/s1. The zero-order valence-corrected chi connectivity index (χ0v) is 12.7. The SMILES string of the molecule is COc1ccc(-c2[nH]ncc2CN2C[C@@H](C(=O)O)CC2=O)cc1. The summed E-state index contributed by atoms with van der Waals surface area (Å²) >= 11 is 0. The van der Waals surface area contributed by atoms with E-state index in [0.717, 1.165) is 22.6 Å². The molecular formula is C16H17N3O4. The van der Waals surface area contributed by atoms with Crippen LogP contribution in [0.3, 0.4) is 0 Å². The second-order valence-electron chi connectivity index (χ2n) is 5.51. The fourth-order valence-electron chi connectivity index (χ4n) is 2.73. The molecule has 1 aliphatic rings. The molecule has 7 nitrogen and oxygen atoms in total. The molecule has 2 heterocycles. The van der Waals surface area contributed by atoms with Gasteiger partial charge in [-0.15, -0.1) is 0 Å². The summed E-state index contributed by atoms with van der Waals surface area (Å²) in [6.07, 6.45) is 1.73. The quantitative estimate of drug-likeness (QED) is 0.872. The second kappa shape index (κ2) is 6.12. The summed E-state index contributed by atoms with van der Waals surface area (Å²) < 4.78 is 5.14. The number of hydrogen-bond donors (Lipinski definition) is 2. The lowest BCUT2D eigenvalue weighted by Gasteiger charge is -2.16. The van der Waals surface area contributed by atoms with Gasteiger partial charge >= 0.3 is 5.97 Å². The van der Waals surface area contributed by atoms with Crippen molar-refractivity contribution in [1.82, 2.24) is 15.1 Å². The Labute approximate surface area is 132 Å². The molecule has 3 rings (SSSR count). The summed E-state index contributed by atoms with van der Waals surface area (Å²) in [5.41, 5.74) is 2.61. The highest BCUT2D eigenvalue weighted by Gasteiger charge is 2.34. The molecule has 1 saturated heterocycles. The Kier molecular flexibility index (Phi) is 4.01. The number of hydrogen-bond acceptors (Lipinski definition) is 4. The number of aliphatic carboxylic acids is 1. The smallest absolute Gasteiger partial charge is 0.308 e. The Morgan fingerprint density at radius 3 is 2.78 bits per heavy atom. The van der Waals surface area contributed by atoms with Gasteiger partial charge in [0.15, 0.2) is 0 Å². The van der Waals surface area contributed by atoms with E-state index < -0.39 is 11.9 Å². The Balaban J connectivity index is 1.78. The molecule has 2 aromatic rings. The van der Waals surface area contributed by atoms with Gasteiger partial charge in [-0.3, -0.25) is 14.7 Å². The van der Waals surface area contributed by atoms with E-state index in [9.17, 15) is 9.59 Å². The van der Waals surface area contributed by atoms with E-state index in [2.05, 4.69) is 10.2 Å². The lowest BCUT2D eigenvalue weighted by molar-refractivity contribution is -0.141. The van der Waals surface area contributed by atoms with Gasteiger partial charge in [0, 0.05) is 30.6 Å². The van der Waals surface area contributed by atoms with Crippen molar-refractivity contribution in [2.45, 2.75) is 13.0 Å². The number of aromatic amines is 1. The van der Waals surface area contributed by atoms with Crippen LogP contribution in [0.5, 0.6) is 5.75 Å². The average Bonchev–Trinajstić information content (AvgIpc) is 3.15. The molecule has 0 bridgehead atoms. The van der Waals surface area contributed by atoms with Crippen LogP contribution in [0.2, 0.25) is 0 Å². The zero-order chi connectivity index (χ0) is 16.4. The number of benzene rings is 1. The Hall–Kier alpha value is -2.83. The van der Waals surface area contributed by atoms with Gasteiger partial charge in [-0.05, 0) is 24.3 Å². The van der Waals surface area contributed by atoms with E-state index in [1.807, 2.05) is 24.3 Å². The minimum Gasteiger partial charge on any atom is -0.497 e. The number of nitrogens with one attached hydrogen (secondary N) is 1. The summed E-state index contributed by atoms with van der Waals surface area (Å²) in [5, 5.41) is 16.0. The van der Waals surface area contributed by atoms with Crippen molar-refractivity contribution in [2.75, 3.05) is 13.7 Å². The van der Waals surface area contributed by atoms with Crippen LogP contribution >= 0.6 is 0 Å². The van der Waals surface area contributed by atoms with Crippen molar-refractivity contribution < 1.29 is 19.4 Å². The van der Waals surface area contributed by atoms with Gasteiger partial charge < -0.3 is 14.7 Å². The molecule has 0 radical (unpaired) electrons. The normalized spacial score (nSPS) is 17.5. The van der Waals surface area contributed by atoms with E-state index >= 15 is 0 Å². The maximum Gasteiger partial charge on any atom is 0.308 e. The number of likely N-dealkylation sites (tertiary alicyclic amines) is 1. The Bertz CT molecular complexity index is 723. The molecule has 23 heavy (non-hydrogen) atoms. The largest absolute Gasteiger partial charge is 0.497 e. The first kappa shape index (κ1) is 15.1. The number of ether oxygens (including phenoxy) is 1. The summed E-state index contributed by atoms with van der Waals surface area (Å²) in [4.78, 5) is 24.6. The van der Waals surface area contributed by atoms with Crippen molar-refractivity contribution in [3.8, 4) is 17.0 Å². The second-order valence-corrected chi connectivity index (χ2v) is 5.51. The number of carbonyl (C=O) groups excluding carboxylic acids is 1. The number of carbonyl (C=O) groups is 2. The van der Waals surface area contributed by atoms with Crippen LogP contribution in [0.4, 0.5) is 0 Å². The predicted octanol–water partition coefficient (Wildman–Crippen LogP) is 1.52. The molecule has 0 saturated carbocycles. The van der Waals surface area contributed by atoms with Gasteiger partial charge in [0.25, 0.3) is 0 Å². The topological polar surface area (TPSA) is 95.5 Å². The third-order valence-corrected chi connectivity index (χ3v) is 4.02. The molecule has 0 unspecified atom stereocenters. The van der Waals surface area contributed by atoms with Crippen molar-refractivity contribution in [3.63, 3.8) is 0 Å². The van der Waals surface area contributed by atoms with E-state index in [0.29, 0.717) is 6.54 Å². The first-order chi connectivity index (χ1) is 11.1. The average molecular weight is 315 g/mol. The summed E-state index contributed by atoms with van der Waals surface area (Å²) in [6.45, 7) is 0.585. The maximum absolute atomic E-state index is 12.0. The Morgan fingerprint density at radius 2 is 2.17 bits per heavy atom. The monoisotopic (exact) mass is 315 g/mol. The number of aromatic nitrogens is 2. The highest BCUT2D eigenvalue weighted by atomic mass is 16.5. The lowest BCUT2D eigenvalue weighted by Crippen LogP contribution is -2.25. The number of carboxylic acids is 1. The minimum atomic E-state index is -0.927. The first-order valence-electron chi connectivity index (χ1n) is 7.25. The number of methoxy groups -OCH3 is 1. The molecule has 1 atom stereocenters. The van der Waals surface area contributed by atoms with Crippen molar-refractivity contribution in [1.29, 1.82) is 0 Å². The van der Waals surface area contributed by atoms with Crippen LogP contribution in [0.25, 0.3) is 11.3 Å². The molecule has 1 amide bonds. The first-order valence-corrected chi connectivity index (χ1v) is 7.25. The number of amides is 1. The van der Waals surface area contributed by atoms with Crippen LogP contribution in [-0.4, -0.2) is 45.7 Å². The predicted molar refractivity (Wildman–Crippen MR) is 81.7 cm³/mol. The highest BCUT2D eigenvalue weighted by molar-refractivity contribution is 5.86. The highest BCUT2D eigenvalue weighted by Crippen LogP contribution is 2.27. The molecule has 7 heteroatoms.